The van der Waals surface area contributed by atoms with E-state index in [4.69, 9.17) is 34.8 Å². The van der Waals surface area contributed by atoms with Crippen LogP contribution < -0.4 is 9.62 Å². The third-order valence-electron chi connectivity index (χ3n) is 5.11. The van der Waals surface area contributed by atoms with E-state index in [2.05, 4.69) is 5.32 Å². The van der Waals surface area contributed by atoms with Gasteiger partial charge < -0.3 is 10.2 Å². The Kier molecular flexibility index (Phi) is 10.5. The van der Waals surface area contributed by atoms with Crippen LogP contribution in [0.2, 0.25) is 15.1 Å². The van der Waals surface area contributed by atoms with Crippen LogP contribution in [0.3, 0.4) is 0 Å². The number of rotatable bonds is 11. The summed E-state index contributed by atoms with van der Waals surface area (Å²) in [5.74, 6) is -0.548. The number of carbonyl (C=O) groups is 2. The van der Waals surface area contributed by atoms with Gasteiger partial charge in [-0.15, -0.1) is 0 Å². The molecule has 0 radical (unpaired) electrons. The molecule has 186 valence electrons. The van der Waals surface area contributed by atoms with Crippen molar-refractivity contribution >= 4 is 62.3 Å². The predicted molar refractivity (Wildman–Crippen MR) is 138 cm³/mol. The molecule has 34 heavy (non-hydrogen) atoms. The third-order valence-corrected chi connectivity index (χ3v) is 7.10. The second-order valence-electron chi connectivity index (χ2n) is 7.75. The molecule has 0 aromatic heterocycles. The maximum absolute atomic E-state index is 13.2. The first-order chi connectivity index (χ1) is 15.9. The molecule has 0 aliphatic heterocycles. The Morgan fingerprint density at radius 1 is 1.03 bits per heavy atom. The van der Waals surface area contributed by atoms with Crippen LogP contribution in [0, 0.1) is 0 Å². The number of nitrogens with zero attached hydrogens (tertiary/aromatic N) is 2. The van der Waals surface area contributed by atoms with Gasteiger partial charge in [0.05, 0.1) is 17.0 Å². The molecule has 0 aliphatic carbocycles. The van der Waals surface area contributed by atoms with Gasteiger partial charge in [0.2, 0.25) is 21.8 Å². The SMILES string of the molecule is CCNC(=O)C(C)N(Cc1ccc(Cl)cc1)C(=O)CCCN(c1cc(Cl)ccc1Cl)S(C)(=O)=O. The first kappa shape index (κ1) is 28.2. The molecule has 0 saturated carbocycles. The van der Waals surface area contributed by atoms with Gasteiger partial charge in [0.1, 0.15) is 6.04 Å². The third kappa shape index (κ3) is 8.05. The number of hydrogen-bond donors (Lipinski definition) is 1. The van der Waals surface area contributed by atoms with Crippen LogP contribution in [0.25, 0.3) is 0 Å². The molecular weight excluding hydrogens is 521 g/mol. The van der Waals surface area contributed by atoms with E-state index in [1.807, 2.05) is 0 Å². The summed E-state index contributed by atoms with van der Waals surface area (Å²) in [6, 6.07) is 10.9. The lowest BCUT2D eigenvalue weighted by molar-refractivity contribution is -0.140. The first-order valence-corrected chi connectivity index (χ1v) is 13.7. The Morgan fingerprint density at radius 2 is 1.65 bits per heavy atom. The van der Waals surface area contributed by atoms with Gasteiger partial charge in [0.25, 0.3) is 0 Å². The molecule has 0 fully saturated rings. The van der Waals surface area contributed by atoms with E-state index < -0.39 is 16.1 Å². The van der Waals surface area contributed by atoms with E-state index in [0.29, 0.717) is 16.6 Å². The quantitative estimate of drug-likeness (QED) is 0.439. The smallest absolute Gasteiger partial charge is 0.242 e. The maximum atomic E-state index is 13.2. The molecule has 2 aromatic carbocycles. The van der Waals surface area contributed by atoms with Crippen molar-refractivity contribution in [1.82, 2.24) is 10.2 Å². The molecule has 2 aromatic rings. The van der Waals surface area contributed by atoms with E-state index in [9.17, 15) is 18.0 Å². The standard InChI is InChI=1S/C23H28Cl3N3O4S/c1-4-27-23(31)16(2)28(15-17-7-9-18(24)10-8-17)22(30)6-5-13-29(34(3,32)33)21-14-19(25)11-12-20(21)26/h7-12,14,16H,4-6,13,15H2,1-3H3,(H,27,31). The van der Waals surface area contributed by atoms with E-state index >= 15 is 0 Å². The number of sulfonamides is 1. The van der Waals surface area contributed by atoms with Crippen LogP contribution in [0.4, 0.5) is 5.69 Å². The summed E-state index contributed by atoms with van der Waals surface area (Å²) >= 11 is 18.2. The molecule has 0 heterocycles. The van der Waals surface area contributed by atoms with Gasteiger partial charge >= 0.3 is 0 Å². The van der Waals surface area contributed by atoms with Crippen molar-refractivity contribution in [2.45, 2.75) is 39.3 Å². The van der Waals surface area contributed by atoms with Gasteiger partial charge in [0.15, 0.2) is 0 Å². The van der Waals surface area contributed by atoms with Gasteiger partial charge in [-0.25, -0.2) is 8.42 Å². The molecular formula is C23H28Cl3N3O4S. The predicted octanol–water partition coefficient (Wildman–Crippen LogP) is 4.75. The number of hydrogen-bond acceptors (Lipinski definition) is 4. The molecule has 7 nitrogen and oxygen atoms in total. The molecule has 0 bridgehead atoms. The van der Waals surface area contributed by atoms with Gasteiger partial charge in [-0.3, -0.25) is 13.9 Å². The van der Waals surface area contributed by atoms with Crippen molar-refractivity contribution in [2.75, 3.05) is 23.7 Å². The van der Waals surface area contributed by atoms with Crippen molar-refractivity contribution in [3.8, 4) is 0 Å². The Hall–Kier alpha value is -2.00. The Labute approximate surface area is 216 Å². The van der Waals surface area contributed by atoms with Crippen LogP contribution >= 0.6 is 34.8 Å². The molecule has 2 rings (SSSR count). The fraction of sp³-hybridized carbons (Fsp3) is 0.391. The van der Waals surface area contributed by atoms with Crippen LogP contribution in [-0.4, -0.2) is 50.5 Å². The zero-order valence-corrected chi connectivity index (χ0v) is 22.3. The number of nitrogens with one attached hydrogen (secondary N) is 1. The Bertz CT molecular complexity index is 1110. The van der Waals surface area contributed by atoms with E-state index in [0.717, 1.165) is 16.1 Å². The lowest BCUT2D eigenvalue weighted by Gasteiger charge is -2.29. The molecule has 1 N–H and O–H groups in total. The van der Waals surface area contributed by atoms with E-state index in [1.54, 1.807) is 44.2 Å². The average molecular weight is 549 g/mol. The zero-order chi connectivity index (χ0) is 25.5. The number of halogens is 3. The highest BCUT2D eigenvalue weighted by Crippen LogP contribution is 2.31. The minimum Gasteiger partial charge on any atom is -0.355 e. The summed E-state index contributed by atoms with van der Waals surface area (Å²) in [6.45, 7) is 4.14. The van der Waals surface area contributed by atoms with Gasteiger partial charge in [-0.1, -0.05) is 46.9 Å². The molecule has 0 spiro atoms. The fourth-order valence-corrected chi connectivity index (χ4v) is 4.88. The largest absolute Gasteiger partial charge is 0.355 e. The minimum absolute atomic E-state index is 0.0228. The van der Waals surface area contributed by atoms with Crippen molar-refractivity contribution in [3.05, 3.63) is 63.1 Å². The minimum atomic E-state index is -3.68. The van der Waals surface area contributed by atoms with Crippen molar-refractivity contribution in [2.24, 2.45) is 0 Å². The average Bonchev–Trinajstić information content (AvgIpc) is 2.77. The second kappa shape index (κ2) is 12.6. The Balaban J connectivity index is 2.18. The zero-order valence-electron chi connectivity index (χ0n) is 19.2. The summed E-state index contributed by atoms with van der Waals surface area (Å²) in [4.78, 5) is 27.1. The van der Waals surface area contributed by atoms with Gasteiger partial charge in [-0.05, 0) is 56.2 Å². The number of benzene rings is 2. The van der Waals surface area contributed by atoms with Crippen LogP contribution in [0.5, 0.6) is 0 Å². The summed E-state index contributed by atoms with van der Waals surface area (Å²) < 4.78 is 25.9. The van der Waals surface area contributed by atoms with Crippen molar-refractivity contribution in [1.29, 1.82) is 0 Å². The van der Waals surface area contributed by atoms with Crippen LogP contribution in [-0.2, 0) is 26.2 Å². The molecule has 11 heteroatoms. The number of amides is 2. The van der Waals surface area contributed by atoms with Gasteiger partial charge in [0, 0.05) is 36.1 Å². The highest BCUT2D eigenvalue weighted by atomic mass is 35.5. The fourth-order valence-electron chi connectivity index (χ4n) is 3.35. The molecule has 0 saturated heterocycles. The number of likely N-dealkylation sites (N-methyl/N-ethyl adjacent to an activating group) is 1. The van der Waals surface area contributed by atoms with E-state index in [-0.39, 0.29) is 48.5 Å². The number of carbonyl (C=O) groups excluding carboxylic acids is 2. The monoisotopic (exact) mass is 547 g/mol. The van der Waals surface area contributed by atoms with E-state index in [1.165, 1.54) is 17.0 Å². The first-order valence-electron chi connectivity index (χ1n) is 10.7. The summed E-state index contributed by atoms with van der Waals surface area (Å²) in [6.07, 6.45) is 1.31. The topological polar surface area (TPSA) is 86.8 Å². The summed E-state index contributed by atoms with van der Waals surface area (Å²) in [5.41, 5.74) is 1.06. The normalized spacial score (nSPS) is 12.2. The molecule has 0 aliphatic rings. The van der Waals surface area contributed by atoms with Gasteiger partial charge in [-0.2, -0.15) is 0 Å². The summed E-state index contributed by atoms with van der Waals surface area (Å²) in [7, 11) is -3.68. The molecule has 1 unspecified atom stereocenters. The van der Waals surface area contributed by atoms with Crippen molar-refractivity contribution in [3.63, 3.8) is 0 Å². The highest BCUT2D eigenvalue weighted by molar-refractivity contribution is 7.92. The molecule has 2 amide bonds. The number of anilines is 1. The highest BCUT2D eigenvalue weighted by Gasteiger charge is 2.26. The second-order valence-corrected chi connectivity index (χ2v) is 10.9. The maximum Gasteiger partial charge on any atom is 0.242 e. The lowest BCUT2D eigenvalue weighted by atomic mass is 10.1. The van der Waals surface area contributed by atoms with Crippen molar-refractivity contribution < 1.29 is 18.0 Å². The van der Waals surface area contributed by atoms with Crippen LogP contribution in [0.15, 0.2) is 42.5 Å². The van der Waals surface area contributed by atoms with Crippen LogP contribution in [0.1, 0.15) is 32.3 Å². The lowest BCUT2D eigenvalue weighted by Crippen LogP contribution is -2.47. The Morgan fingerprint density at radius 3 is 2.24 bits per heavy atom. The summed E-state index contributed by atoms with van der Waals surface area (Å²) in [5, 5.41) is 3.88. The molecule has 1 atom stereocenters.